The summed E-state index contributed by atoms with van der Waals surface area (Å²) in [5.41, 5.74) is -0.841. The predicted molar refractivity (Wildman–Crippen MR) is 86.2 cm³/mol. The lowest BCUT2D eigenvalue weighted by molar-refractivity contribution is -0.385. The summed E-state index contributed by atoms with van der Waals surface area (Å²) in [5, 5.41) is 22.5. The molecule has 1 aromatic carbocycles. The standard InChI is InChI=1S/C15H20N2O8/c1-4-10(15(19)20)16-14(18)9-7-12(24-3)13(25-6-5-23-2)8-11(9)17(21)22/h7-8,10H,4-6H2,1-3H3,(H,16,18)(H,19,20). The van der Waals surface area contributed by atoms with Crippen LogP contribution in [0.5, 0.6) is 11.5 Å². The second kappa shape index (κ2) is 9.42. The van der Waals surface area contributed by atoms with Crippen molar-refractivity contribution in [3.05, 3.63) is 27.8 Å². The molecule has 1 aromatic rings. The van der Waals surface area contributed by atoms with E-state index in [1.54, 1.807) is 6.92 Å². The summed E-state index contributed by atoms with van der Waals surface area (Å²) in [6.07, 6.45) is 0.129. The van der Waals surface area contributed by atoms with E-state index in [0.29, 0.717) is 0 Å². The van der Waals surface area contributed by atoms with E-state index < -0.39 is 28.5 Å². The lowest BCUT2D eigenvalue weighted by Crippen LogP contribution is -2.40. The third kappa shape index (κ3) is 5.31. The van der Waals surface area contributed by atoms with Crippen molar-refractivity contribution >= 4 is 17.6 Å². The number of carbonyl (C=O) groups is 2. The number of aliphatic carboxylic acids is 1. The van der Waals surface area contributed by atoms with Crippen molar-refractivity contribution in [3.8, 4) is 11.5 Å². The van der Waals surface area contributed by atoms with Gasteiger partial charge in [-0.1, -0.05) is 6.92 Å². The van der Waals surface area contributed by atoms with Gasteiger partial charge in [0.1, 0.15) is 18.2 Å². The molecule has 10 heteroatoms. The van der Waals surface area contributed by atoms with Crippen LogP contribution >= 0.6 is 0 Å². The Kier molecular flexibility index (Phi) is 7.60. The van der Waals surface area contributed by atoms with E-state index in [9.17, 15) is 19.7 Å². The summed E-state index contributed by atoms with van der Waals surface area (Å²) in [4.78, 5) is 33.9. The van der Waals surface area contributed by atoms with E-state index >= 15 is 0 Å². The fraction of sp³-hybridized carbons (Fsp3) is 0.467. The monoisotopic (exact) mass is 356 g/mol. The van der Waals surface area contributed by atoms with Gasteiger partial charge in [0.15, 0.2) is 11.5 Å². The summed E-state index contributed by atoms with van der Waals surface area (Å²) in [5.74, 6) is -1.93. The third-order valence-electron chi connectivity index (χ3n) is 3.28. The topological polar surface area (TPSA) is 137 Å². The number of nitro groups is 1. The lowest BCUT2D eigenvalue weighted by Gasteiger charge is -2.15. The molecule has 0 saturated heterocycles. The van der Waals surface area contributed by atoms with Crippen LogP contribution in [0.4, 0.5) is 5.69 Å². The number of hydrogen-bond acceptors (Lipinski definition) is 7. The Morgan fingerprint density at radius 2 is 1.96 bits per heavy atom. The van der Waals surface area contributed by atoms with Crippen molar-refractivity contribution in [2.24, 2.45) is 0 Å². The van der Waals surface area contributed by atoms with Crippen LogP contribution in [0.2, 0.25) is 0 Å². The average molecular weight is 356 g/mol. The second-order valence-electron chi connectivity index (χ2n) is 4.89. The highest BCUT2D eigenvalue weighted by Crippen LogP contribution is 2.34. The maximum atomic E-state index is 12.3. The van der Waals surface area contributed by atoms with Crippen LogP contribution < -0.4 is 14.8 Å². The molecular formula is C15H20N2O8. The molecule has 1 atom stereocenters. The number of ether oxygens (including phenoxy) is 3. The van der Waals surface area contributed by atoms with Gasteiger partial charge in [0, 0.05) is 13.2 Å². The zero-order valence-corrected chi connectivity index (χ0v) is 14.1. The molecule has 0 radical (unpaired) electrons. The number of rotatable bonds is 10. The SMILES string of the molecule is CCC(NC(=O)c1cc(OC)c(OCCOC)cc1[N+](=O)[O-])C(=O)O. The number of benzene rings is 1. The lowest BCUT2D eigenvalue weighted by atomic mass is 10.1. The molecule has 0 fully saturated rings. The summed E-state index contributed by atoms with van der Waals surface area (Å²) < 4.78 is 15.3. The van der Waals surface area contributed by atoms with Crippen LogP contribution in [0.15, 0.2) is 12.1 Å². The number of carboxylic acids is 1. The zero-order valence-electron chi connectivity index (χ0n) is 14.1. The first-order chi connectivity index (χ1) is 11.8. The Balaban J connectivity index is 3.22. The fourth-order valence-electron chi connectivity index (χ4n) is 1.96. The van der Waals surface area contributed by atoms with Crippen LogP contribution in [0.1, 0.15) is 23.7 Å². The molecule has 1 amide bonds. The quantitative estimate of drug-likeness (QED) is 0.363. The van der Waals surface area contributed by atoms with Crippen LogP contribution in [0.25, 0.3) is 0 Å². The van der Waals surface area contributed by atoms with E-state index in [0.717, 1.165) is 12.1 Å². The van der Waals surface area contributed by atoms with Gasteiger partial charge in [0.05, 0.1) is 24.7 Å². The number of amides is 1. The second-order valence-corrected chi connectivity index (χ2v) is 4.89. The van der Waals surface area contributed by atoms with Crippen molar-refractivity contribution in [3.63, 3.8) is 0 Å². The average Bonchev–Trinajstić information content (AvgIpc) is 2.58. The summed E-state index contributed by atoms with van der Waals surface area (Å²) in [6.45, 7) is 1.96. The van der Waals surface area contributed by atoms with Crippen LogP contribution in [-0.4, -0.2) is 55.4 Å². The molecule has 1 unspecified atom stereocenters. The van der Waals surface area contributed by atoms with Crippen molar-refractivity contribution < 1.29 is 33.8 Å². The highest BCUT2D eigenvalue weighted by atomic mass is 16.6. The van der Waals surface area contributed by atoms with Crippen LogP contribution in [-0.2, 0) is 9.53 Å². The predicted octanol–water partition coefficient (Wildman–Crippen LogP) is 1.22. The Morgan fingerprint density at radius 3 is 2.44 bits per heavy atom. The summed E-state index contributed by atoms with van der Waals surface area (Å²) >= 11 is 0. The van der Waals surface area contributed by atoms with Gasteiger partial charge in [0.2, 0.25) is 0 Å². The smallest absolute Gasteiger partial charge is 0.326 e. The maximum Gasteiger partial charge on any atom is 0.326 e. The number of methoxy groups -OCH3 is 2. The zero-order chi connectivity index (χ0) is 19.0. The molecule has 25 heavy (non-hydrogen) atoms. The molecule has 1 rings (SSSR count). The first-order valence-electron chi connectivity index (χ1n) is 7.37. The summed E-state index contributed by atoms with van der Waals surface area (Å²) in [6, 6.07) is 1.05. The number of nitrogens with zero attached hydrogens (tertiary/aromatic N) is 1. The van der Waals surface area contributed by atoms with Gasteiger partial charge >= 0.3 is 5.97 Å². The van der Waals surface area contributed by atoms with Gasteiger partial charge in [0.25, 0.3) is 11.6 Å². The fourth-order valence-corrected chi connectivity index (χ4v) is 1.96. The minimum absolute atomic E-state index is 0.0769. The third-order valence-corrected chi connectivity index (χ3v) is 3.28. The molecule has 0 aromatic heterocycles. The Labute approximate surface area is 143 Å². The molecule has 0 bridgehead atoms. The molecule has 10 nitrogen and oxygen atoms in total. The van der Waals surface area contributed by atoms with Crippen molar-refractivity contribution in [2.45, 2.75) is 19.4 Å². The van der Waals surface area contributed by atoms with Gasteiger partial charge < -0.3 is 24.6 Å². The molecule has 0 aliphatic carbocycles. The molecule has 138 valence electrons. The van der Waals surface area contributed by atoms with E-state index in [1.807, 2.05) is 0 Å². The van der Waals surface area contributed by atoms with Gasteiger partial charge in [-0.15, -0.1) is 0 Å². The van der Waals surface area contributed by atoms with E-state index in [-0.39, 0.29) is 36.7 Å². The van der Waals surface area contributed by atoms with Crippen LogP contribution in [0.3, 0.4) is 0 Å². The minimum atomic E-state index is -1.23. The highest BCUT2D eigenvalue weighted by Gasteiger charge is 2.27. The molecule has 0 aliphatic heterocycles. The van der Waals surface area contributed by atoms with Crippen LogP contribution in [0, 0.1) is 10.1 Å². The Morgan fingerprint density at radius 1 is 1.28 bits per heavy atom. The molecule has 0 spiro atoms. The van der Waals surface area contributed by atoms with E-state index in [2.05, 4.69) is 5.32 Å². The number of hydrogen-bond donors (Lipinski definition) is 2. The normalized spacial score (nSPS) is 11.5. The molecular weight excluding hydrogens is 336 g/mol. The van der Waals surface area contributed by atoms with Gasteiger partial charge in [-0.3, -0.25) is 14.9 Å². The van der Waals surface area contributed by atoms with Gasteiger partial charge in [-0.2, -0.15) is 0 Å². The molecule has 0 aliphatic rings. The number of nitrogens with one attached hydrogen (secondary N) is 1. The first-order valence-corrected chi connectivity index (χ1v) is 7.37. The van der Waals surface area contributed by atoms with Crippen molar-refractivity contribution in [1.29, 1.82) is 0 Å². The van der Waals surface area contributed by atoms with Gasteiger partial charge in [-0.25, -0.2) is 4.79 Å². The molecule has 2 N–H and O–H groups in total. The highest BCUT2D eigenvalue weighted by molar-refractivity contribution is 6.00. The van der Waals surface area contributed by atoms with Crippen molar-refractivity contribution in [1.82, 2.24) is 5.32 Å². The number of carboxylic acid groups (broad SMARTS) is 1. The summed E-state index contributed by atoms with van der Waals surface area (Å²) in [7, 11) is 2.79. The Hall–Kier alpha value is -2.88. The molecule has 0 heterocycles. The van der Waals surface area contributed by atoms with Gasteiger partial charge in [-0.05, 0) is 6.42 Å². The van der Waals surface area contributed by atoms with E-state index in [1.165, 1.54) is 14.2 Å². The maximum absolute atomic E-state index is 12.3. The Bertz CT molecular complexity index is 647. The number of nitro benzene ring substituents is 1. The first kappa shape index (κ1) is 20.2. The molecule has 0 saturated carbocycles. The van der Waals surface area contributed by atoms with Crippen molar-refractivity contribution in [2.75, 3.05) is 27.4 Å². The minimum Gasteiger partial charge on any atom is -0.493 e. The number of carbonyl (C=O) groups excluding carboxylic acids is 1. The van der Waals surface area contributed by atoms with E-state index in [4.69, 9.17) is 19.3 Å². The largest absolute Gasteiger partial charge is 0.493 e.